The molecule has 0 aliphatic heterocycles. The molecule has 32 heavy (non-hydrogen) atoms. The SMILES string of the molecule is Fc1cccc(F)c1-c1nn(-c2cc(C(F)(F)F)c(OC(F)(F)C(F)Cl)cc2Cl)c(=S)o1. The van der Waals surface area contributed by atoms with Crippen LogP contribution in [0.25, 0.3) is 17.1 Å². The van der Waals surface area contributed by atoms with Gasteiger partial charge in [-0.3, -0.25) is 0 Å². The Hall–Kier alpha value is -2.38. The summed E-state index contributed by atoms with van der Waals surface area (Å²) in [5.41, 5.74) is -6.71. The van der Waals surface area contributed by atoms with Crippen LogP contribution in [0, 0.1) is 16.5 Å². The second-order valence-corrected chi connectivity index (χ2v) is 7.08. The fourth-order valence-electron chi connectivity index (χ4n) is 2.44. The van der Waals surface area contributed by atoms with Gasteiger partial charge in [0, 0.05) is 6.07 Å². The Bertz CT molecular complexity index is 1210. The van der Waals surface area contributed by atoms with Crippen LogP contribution in [0.4, 0.5) is 35.1 Å². The molecule has 3 rings (SSSR count). The number of nitrogens with zero attached hydrogens (tertiary/aromatic N) is 2. The molecule has 4 nitrogen and oxygen atoms in total. The molecular formula is C17H6Cl2F8N2O2S. The summed E-state index contributed by atoms with van der Waals surface area (Å²) in [6.45, 7) is 0. The van der Waals surface area contributed by atoms with E-state index >= 15 is 0 Å². The Labute approximate surface area is 187 Å². The number of halogens is 10. The summed E-state index contributed by atoms with van der Waals surface area (Å²) in [5.74, 6) is -4.49. The zero-order valence-corrected chi connectivity index (χ0v) is 17.2. The number of ether oxygens (including phenoxy) is 1. The molecule has 0 aliphatic rings. The average Bonchev–Trinajstić information content (AvgIpc) is 3.01. The smallest absolute Gasteiger partial charge is 0.429 e. The van der Waals surface area contributed by atoms with Crippen molar-refractivity contribution in [2.45, 2.75) is 17.9 Å². The maximum absolute atomic E-state index is 14.0. The first-order chi connectivity index (χ1) is 14.7. The van der Waals surface area contributed by atoms with E-state index in [1.807, 2.05) is 0 Å². The van der Waals surface area contributed by atoms with E-state index in [1.165, 1.54) is 0 Å². The van der Waals surface area contributed by atoms with E-state index < -0.39 is 67.9 Å². The van der Waals surface area contributed by atoms with Crippen molar-refractivity contribution in [1.29, 1.82) is 0 Å². The molecule has 0 N–H and O–H groups in total. The summed E-state index contributed by atoms with van der Waals surface area (Å²) in [5, 5.41) is 2.95. The molecule has 0 saturated carbocycles. The molecule has 15 heteroatoms. The highest BCUT2D eigenvalue weighted by Crippen LogP contribution is 2.43. The van der Waals surface area contributed by atoms with Crippen molar-refractivity contribution in [3.63, 3.8) is 0 Å². The van der Waals surface area contributed by atoms with Crippen LogP contribution in [0.3, 0.4) is 0 Å². The van der Waals surface area contributed by atoms with Crippen LogP contribution in [0.2, 0.25) is 5.02 Å². The molecule has 2 aromatic carbocycles. The van der Waals surface area contributed by atoms with Gasteiger partial charge in [0.1, 0.15) is 22.9 Å². The lowest BCUT2D eigenvalue weighted by Gasteiger charge is -2.21. The largest absolute Gasteiger partial charge is 0.444 e. The van der Waals surface area contributed by atoms with Crippen molar-refractivity contribution < 1.29 is 44.3 Å². The topological polar surface area (TPSA) is 40.2 Å². The van der Waals surface area contributed by atoms with Crippen molar-refractivity contribution in [2.75, 3.05) is 0 Å². The molecule has 0 aliphatic carbocycles. The number of benzene rings is 2. The summed E-state index contributed by atoms with van der Waals surface area (Å²) < 4.78 is 117. The van der Waals surface area contributed by atoms with E-state index in [1.54, 1.807) is 0 Å². The Kier molecular flexibility index (Phi) is 6.46. The molecular weight excluding hydrogens is 519 g/mol. The number of alkyl halides is 7. The molecule has 172 valence electrons. The van der Waals surface area contributed by atoms with E-state index in [4.69, 9.17) is 28.2 Å². The van der Waals surface area contributed by atoms with Crippen LogP contribution >= 0.6 is 35.4 Å². The Morgan fingerprint density at radius 1 is 1.09 bits per heavy atom. The lowest BCUT2D eigenvalue weighted by atomic mass is 10.1. The predicted octanol–water partition coefficient (Wildman–Crippen LogP) is 7.32. The maximum atomic E-state index is 14.0. The average molecular weight is 525 g/mol. The first-order valence-corrected chi connectivity index (χ1v) is 9.25. The van der Waals surface area contributed by atoms with Gasteiger partial charge in [0.05, 0.1) is 16.3 Å². The number of hydrogen-bond donors (Lipinski definition) is 0. The molecule has 1 heterocycles. The fraction of sp³-hybridized carbons (Fsp3) is 0.176. The minimum absolute atomic E-state index is 0.203. The first kappa shape index (κ1) is 24.3. The minimum atomic E-state index is -5.30. The fourth-order valence-corrected chi connectivity index (χ4v) is 2.93. The van der Waals surface area contributed by atoms with Gasteiger partial charge in [-0.2, -0.15) is 26.6 Å². The Morgan fingerprint density at radius 2 is 1.69 bits per heavy atom. The van der Waals surface area contributed by atoms with E-state index in [9.17, 15) is 35.1 Å². The van der Waals surface area contributed by atoms with Gasteiger partial charge >= 0.3 is 12.3 Å². The van der Waals surface area contributed by atoms with Crippen LogP contribution in [-0.2, 0) is 6.18 Å². The first-order valence-electron chi connectivity index (χ1n) is 8.03. The number of hydrogen-bond acceptors (Lipinski definition) is 4. The third-order valence-corrected chi connectivity index (χ3v) is 4.62. The molecule has 1 unspecified atom stereocenters. The second kappa shape index (κ2) is 8.52. The van der Waals surface area contributed by atoms with Crippen molar-refractivity contribution in [1.82, 2.24) is 9.78 Å². The predicted molar refractivity (Wildman–Crippen MR) is 98.4 cm³/mol. The zero-order valence-electron chi connectivity index (χ0n) is 14.9. The Morgan fingerprint density at radius 3 is 2.22 bits per heavy atom. The third-order valence-electron chi connectivity index (χ3n) is 3.81. The van der Waals surface area contributed by atoms with Crippen LogP contribution in [0.5, 0.6) is 5.75 Å². The molecule has 0 fully saturated rings. The number of rotatable bonds is 5. The standard InChI is InChI=1S/C17H6Cl2F8N2O2S/c18-7-5-11(31-17(26,27)14(19)22)6(16(23,24)25)4-10(7)29-15(32)30-13(28-29)12-8(20)2-1-3-9(12)21/h1-5,14H. The van der Waals surface area contributed by atoms with Crippen molar-refractivity contribution in [3.05, 3.63) is 57.4 Å². The number of aromatic nitrogens is 2. The van der Waals surface area contributed by atoms with Crippen LogP contribution in [0.15, 0.2) is 34.7 Å². The highest BCUT2D eigenvalue weighted by Gasteiger charge is 2.45. The van der Waals surface area contributed by atoms with Gasteiger partial charge < -0.3 is 9.15 Å². The Balaban J connectivity index is 2.18. The van der Waals surface area contributed by atoms with Gasteiger partial charge in [0.15, 0.2) is 0 Å². The van der Waals surface area contributed by atoms with E-state index in [0.717, 1.165) is 18.2 Å². The third kappa shape index (κ3) is 4.69. The summed E-state index contributed by atoms with van der Waals surface area (Å²) in [7, 11) is 0. The van der Waals surface area contributed by atoms with Gasteiger partial charge in [0.25, 0.3) is 16.4 Å². The summed E-state index contributed by atoms with van der Waals surface area (Å²) in [6, 6.07) is 3.28. The lowest BCUT2D eigenvalue weighted by Crippen LogP contribution is -2.33. The van der Waals surface area contributed by atoms with E-state index in [0.29, 0.717) is 10.7 Å². The van der Waals surface area contributed by atoms with Crippen molar-refractivity contribution in [2.24, 2.45) is 0 Å². The van der Waals surface area contributed by atoms with Gasteiger partial charge in [-0.05, 0) is 30.4 Å². The summed E-state index contributed by atoms with van der Waals surface area (Å²) >= 11 is 15.3. The minimum Gasteiger partial charge on any atom is -0.429 e. The molecule has 1 atom stereocenters. The quantitative estimate of drug-likeness (QED) is 0.199. The van der Waals surface area contributed by atoms with Gasteiger partial charge in [0.2, 0.25) is 0 Å². The van der Waals surface area contributed by atoms with Crippen LogP contribution in [-0.4, -0.2) is 21.5 Å². The second-order valence-electron chi connectivity index (χ2n) is 5.94. The van der Waals surface area contributed by atoms with Crippen LogP contribution in [0.1, 0.15) is 5.56 Å². The molecule has 0 saturated heterocycles. The summed E-state index contributed by atoms with van der Waals surface area (Å²) in [4.78, 5) is -0.679. The van der Waals surface area contributed by atoms with Crippen molar-refractivity contribution >= 4 is 35.4 Å². The van der Waals surface area contributed by atoms with Gasteiger partial charge in [-0.25, -0.2) is 13.2 Å². The van der Waals surface area contributed by atoms with E-state index in [2.05, 4.69) is 21.4 Å². The highest BCUT2D eigenvalue weighted by atomic mass is 35.5. The van der Waals surface area contributed by atoms with Crippen molar-refractivity contribution in [3.8, 4) is 22.9 Å². The zero-order chi connectivity index (χ0) is 24.0. The van der Waals surface area contributed by atoms with Crippen LogP contribution < -0.4 is 4.74 Å². The maximum Gasteiger partial charge on any atom is 0.444 e. The normalized spacial score (nSPS) is 13.3. The summed E-state index contributed by atoms with van der Waals surface area (Å²) in [6.07, 6.45) is -10.1. The molecule has 0 radical (unpaired) electrons. The molecule has 0 spiro atoms. The lowest BCUT2D eigenvalue weighted by molar-refractivity contribution is -0.203. The molecule has 0 amide bonds. The van der Waals surface area contributed by atoms with E-state index in [-0.39, 0.29) is 6.07 Å². The monoisotopic (exact) mass is 524 g/mol. The highest BCUT2D eigenvalue weighted by molar-refractivity contribution is 7.71. The molecule has 0 bridgehead atoms. The van der Waals surface area contributed by atoms with Gasteiger partial charge in [-0.15, -0.1) is 5.10 Å². The molecule has 3 aromatic rings. The van der Waals surface area contributed by atoms with Gasteiger partial charge in [-0.1, -0.05) is 29.3 Å². The molecule has 1 aromatic heterocycles.